The predicted molar refractivity (Wildman–Crippen MR) is 74.4 cm³/mol. The minimum atomic E-state index is -0.808. The number of carboxylic acids is 1. The standard InChI is InChI=1S/C16H22O3/c1-11-6-7-15(8-12(11)2)19-14-5-3-4-13(9-14)10-16(17)18/h3-5,9,11-12,15H,6-8,10H2,1-2H3,(H,17,18). The molecule has 3 heteroatoms. The van der Waals surface area contributed by atoms with Crippen LogP contribution in [0.5, 0.6) is 5.75 Å². The molecule has 1 fully saturated rings. The summed E-state index contributed by atoms with van der Waals surface area (Å²) >= 11 is 0. The van der Waals surface area contributed by atoms with Crippen molar-refractivity contribution in [1.82, 2.24) is 0 Å². The molecule has 0 heterocycles. The van der Waals surface area contributed by atoms with E-state index in [2.05, 4.69) is 13.8 Å². The normalized spacial score (nSPS) is 26.9. The minimum absolute atomic E-state index is 0.0509. The van der Waals surface area contributed by atoms with Crippen molar-refractivity contribution in [2.75, 3.05) is 0 Å². The van der Waals surface area contributed by atoms with Gasteiger partial charge in [0.1, 0.15) is 5.75 Å². The van der Waals surface area contributed by atoms with Crippen molar-refractivity contribution < 1.29 is 14.6 Å². The largest absolute Gasteiger partial charge is 0.490 e. The van der Waals surface area contributed by atoms with Gasteiger partial charge >= 0.3 is 5.97 Å². The van der Waals surface area contributed by atoms with E-state index in [4.69, 9.17) is 9.84 Å². The lowest BCUT2D eigenvalue weighted by Gasteiger charge is -2.32. The van der Waals surface area contributed by atoms with E-state index < -0.39 is 5.97 Å². The summed E-state index contributed by atoms with van der Waals surface area (Å²) in [6.45, 7) is 4.58. The molecule has 1 aromatic rings. The molecule has 1 aliphatic rings. The van der Waals surface area contributed by atoms with Crippen molar-refractivity contribution in [2.24, 2.45) is 11.8 Å². The van der Waals surface area contributed by atoms with Crippen molar-refractivity contribution >= 4 is 5.97 Å². The molecule has 19 heavy (non-hydrogen) atoms. The van der Waals surface area contributed by atoms with Gasteiger partial charge < -0.3 is 9.84 Å². The second kappa shape index (κ2) is 6.09. The predicted octanol–water partition coefficient (Wildman–Crippen LogP) is 3.52. The summed E-state index contributed by atoms with van der Waals surface area (Å²) in [5, 5.41) is 8.80. The molecular formula is C16H22O3. The lowest BCUT2D eigenvalue weighted by Crippen LogP contribution is -2.28. The highest BCUT2D eigenvalue weighted by Gasteiger charge is 2.25. The molecule has 0 amide bonds. The first-order chi connectivity index (χ1) is 9.04. The van der Waals surface area contributed by atoms with Gasteiger partial charge in [-0.25, -0.2) is 0 Å². The van der Waals surface area contributed by atoms with Crippen LogP contribution in [0.4, 0.5) is 0 Å². The van der Waals surface area contributed by atoms with Gasteiger partial charge in [-0.1, -0.05) is 26.0 Å². The molecule has 1 aromatic carbocycles. The van der Waals surface area contributed by atoms with E-state index in [0.29, 0.717) is 5.92 Å². The highest BCUT2D eigenvalue weighted by atomic mass is 16.5. The van der Waals surface area contributed by atoms with Crippen LogP contribution < -0.4 is 4.74 Å². The van der Waals surface area contributed by atoms with Gasteiger partial charge in [0.15, 0.2) is 0 Å². The van der Waals surface area contributed by atoms with Gasteiger partial charge in [0.05, 0.1) is 12.5 Å². The van der Waals surface area contributed by atoms with Gasteiger partial charge in [-0.15, -0.1) is 0 Å². The van der Waals surface area contributed by atoms with Crippen LogP contribution in [0.2, 0.25) is 0 Å². The molecule has 3 unspecified atom stereocenters. The lowest BCUT2D eigenvalue weighted by atomic mass is 9.80. The number of carboxylic acid groups (broad SMARTS) is 1. The third kappa shape index (κ3) is 3.98. The van der Waals surface area contributed by atoms with E-state index in [0.717, 1.165) is 30.1 Å². The van der Waals surface area contributed by atoms with E-state index in [1.807, 2.05) is 24.3 Å². The number of aliphatic carboxylic acids is 1. The van der Waals surface area contributed by atoms with Crippen molar-refractivity contribution in [3.8, 4) is 5.75 Å². The maximum absolute atomic E-state index is 10.7. The van der Waals surface area contributed by atoms with Crippen molar-refractivity contribution in [3.63, 3.8) is 0 Å². The summed E-state index contributed by atoms with van der Waals surface area (Å²) in [7, 11) is 0. The minimum Gasteiger partial charge on any atom is -0.490 e. The van der Waals surface area contributed by atoms with Crippen LogP contribution in [0.3, 0.4) is 0 Å². The van der Waals surface area contributed by atoms with Gasteiger partial charge in [0.25, 0.3) is 0 Å². The number of benzene rings is 1. The maximum atomic E-state index is 10.7. The number of hydrogen-bond donors (Lipinski definition) is 1. The average molecular weight is 262 g/mol. The second-order valence-corrected chi connectivity index (χ2v) is 5.73. The Morgan fingerprint density at radius 2 is 2.11 bits per heavy atom. The molecule has 0 saturated heterocycles. The van der Waals surface area contributed by atoms with Crippen LogP contribution in [0.25, 0.3) is 0 Å². The van der Waals surface area contributed by atoms with Gasteiger partial charge in [-0.3, -0.25) is 4.79 Å². The molecular weight excluding hydrogens is 240 g/mol. The van der Waals surface area contributed by atoms with E-state index in [9.17, 15) is 4.79 Å². The summed E-state index contributed by atoms with van der Waals surface area (Å²) in [4.78, 5) is 10.7. The van der Waals surface area contributed by atoms with E-state index in [-0.39, 0.29) is 12.5 Å². The Kier molecular flexibility index (Phi) is 4.46. The Hall–Kier alpha value is -1.51. The molecule has 0 spiro atoms. The highest BCUT2D eigenvalue weighted by molar-refractivity contribution is 5.70. The summed E-state index contributed by atoms with van der Waals surface area (Å²) < 4.78 is 6.00. The van der Waals surface area contributed by atoms with Crippen LogP contribution in [0, 0.1) is 11.8 Å². The van der Waals surface area contributed by atoms with Crippen molar-refractivity contribution in [1.29, 1.82) is 0 Å². The SMILES string of the molecule is CC1CCC(Oc2cccc(CC(=O)O)c2)CC1C. The molecule has 0 bridgehead atoms. The fourth-order valence-electron chi connectivity index (χ4n) is 2.70. The van der Waals surface area contributed by atoms with Crippen molar-refractivity contribution in [3.05, 3.63) is 29.8 Å². The summed E-state index contributed by atoms with van der Waals surface area (Å²) in [5.41, 5.74) is 0.794. The third-order valence-corrected chi connectivity index (χ3v) is 4.11. The maximum Gasteiger partial charge on any atom is 0.307 e. The van der Waals surface area contributed by atoms with E-state index in [1.165, 1.54) is 6.42 Å². The zero-order valence-corrected chi connectivity index (χ0v) is 11.6. The summed E-state index contributed by atoms with van der Waals surface area (Å²) in [6.07, 6.45) is 3.71. The lowest BCUT2D eigenvalue weighted by molar-refractivity contribution is -0.136. The first kappa shape index (κ1) is 13.9. The Morgan fingerprint density at radius 1 is 1.32 bits per heavy atom. The highest BCUT2D eigenvalue weighted by Crippen LogP contribution is 2.31. The monoisotopic (exact) mass is 262 g/mol. The zero-order valence-electron chi connectivity index (χ0n) is 11.6. The summed E-state index contributed by atoms with van der Waals surface area (Å²) in [6, 6.07) is 7.44. The van der Waals surface area contributed by atoms with Crippen LogP contribution in [0.1, 0.15) is 38.7 Å². The van der Waals surface area contributed by atoms with Crippen LogP contribution in [-0.4, -0.2) is 17.2 Å². The van der Waals surface area contributed by atoms with E-state index in [1.54, 1.807) is 0 Å². The zero-order chi connectivity index (χ0) is 13.8. The molecule has 1 saturated carbocycles. The van der Waals surface area contributed by atoms with E-state index >= 15 is 0 Å². The fraction of sp³-hybridized carbons (Fsp3) is 0.562. The Bertz CT molecular complexity index is 441. The molecule has 0 aliphatic heterocycles. The molecule has 3 nitrogen and oxygen atoms in total. The summed E-state index contributed by atoms with van der Waals surface area (Å²) in [5.74, 6) is 1.46. The van der Waals surface area contributed by atoms with Gasteiger partial charge in [-0.05, 0) is 48.8 Å². The number of ether oxygens (including phenoxy) is 1. The number of carbonyl (C=O) groups is 1. The first-order valence-electron chi connectivity index (χ1n) is 7.02. The van der Waals surface area contributed by atoms with Gasteiger partial charge in [0.2, 0.25) is 0 Å². The molecule has 2 rings (SSSR count). The molecule has 3 atom stereocenters. The quantitative estimate of drug-likeness (QED) is 0.903. The Morgan fingerprint density at radius 3 is 2.79 bits per heavy atom. The molecule has 1 N–H and O–H groups in total. The van der Waals surface area contributed by atoms with Crippen LogP contribution in [-0.2, 0) is 11.2 Å². The molecule has 0 radical (unpaired) electrons. The number of hydrogen-bond acceptors (Lipinski definition) is 2. The van der Waals surface area contributed by atoms with Gasteiger partial charge in [-0.2, -0.15) is 0 Å². The Labute approximate surface area is 114 Å². The second-order valence-electron chi connectivity index (χ2n) is 5.73. The number of rotatable bonds is 4. The smallest absolute Gasteiger partial charge is 0.307 e. The molecule has 1 aliphatic carbocycles. The van der Waals surface area contributed by atoms with Crippen LogP contribution >= 0.6 is 0 Å². The molecule has 104 valence electrons. The Balaban J connectivity index is 1.97. The third-order valence-electron chi connectivity index (χ3n) is 4.11. The van der Waals surface area contributed by atoms with Gasteiger partial charge in [0, 0.05) is 0 Å². The fourth-order valence-corrected chi connectivity index (χ4v) is 2.70. The first-order valence-corrected chi connectivity index (χ1v) is 7.02. The van der Waals surface area contributed by atoms with Crippen LogP contribution in [0.15, 0.2) is 24.3 Å². The topological polar surface area (TPSA) is 46.5 Å². The molecule has 0 aromatic heterocycles. The average Bonchev–Trinajstić information content (AvgIpc) is 2.33. The van der Waals surface area contributed by atoms with Crippen molar-refractivity contribution in [2.45, 2.75) is 45.6 Å².